The number of hydrogen-bond donors (Lipinski definition) is 0. The molecule has 0 N–H and O–H groups in total. The van der Waals surface area contributed by atoms with E-state index in [4.69, 9.17) is 9.47 Å². The molecule has 2 fully saturated rings. The summed E-state index contributed by atoms with van der Waals surface area (Å²) in [5.41, 5.74) is 0.783. The van der Waals surface area contributed by atoms with E-state index in [1.54, 1.807) is 12.1 Å². The maximum absolute atomic E-state index is 15.1. The average Bonchev–Trinajstić information content (AvgIpc) is 3.37. The third-order valence-corrected chi connectivity index (χ3v) is 9.71. The van der Waals surface area contributed by atoms with Gasteiger partial charge in [-0.15, -0.1) is 11.3 Å². The van der Waals surface area contributed by atoms with E-state index in [2.05, 4.69) is 6.92 Å². The van der Waals surface area contributed by atoms with Crippen LogP contribution < -0.4 is 4.74 Å². The highest BCUT2D eigenvalue weighted by atomic mass is 32.1. The van der Waals surface area contributed by atoms with E-state index in [1.807, 2.05) is 13.0 Å². The van der Waals surface area contributed by atoms with Crippen molar-refractivity contribution in [1.82, 2.24) is 0 Å². The van der Waals surface area contributed by atoms with Gasteiger partial charge in [0.2, 0.25) is 5.82 Å². The van der Waals surface area contributed by atoms with Crippen molar-refractivity contribution in [1.29, 1.82) is 0 Å². The lowest BCUT2D eigenvalue weighted by molar-refractivity contribution is -0.0655. The average molecular weight is 545 g/mol. The minimum absolute atomic E-state index is 0.0832. The van der Waals surface area contributed by atoms with Crippen molar-refractivity contribution in [3.8, 4) is 16.2 Å². The fourth-order valence-corrected chi connectivity index (χ4v) is 7.47. The number of thiophene rings is 1. The largest absolute Gasteiger partial charge is 0.490 e. The van der Waals surface area contributed by atoms with Crippen LogP contribution in [0.15, 0.2) is 30.3 Å². The summed E-state index contributed by atoms with van der Waals surface area (Å²) in [6.45, 7) is 5.18. The monoisotopic (exact) mass is 544 g/mol. The Morgan fingerprint density at radius 2 is 1.66 bits per heavy atom. The Bertz CT molecular complexity index is 1220. The zero-order valence-electron chi connectivity index (χ0n) is 22.5. The second kappa shape index (κ2) is 12.4. The highest BCUT2D eigenvalue weighted by molar-refractivity contribution is 7.22. The van der Waals surface area contributed by atoms with Gasteiger partial charge in [0.05, 0.1) is 24.0 Å². The summed E-state index contributed by atoms with van der Waals surface area (Å²) in [4.78, 5) is 0.506. The Labute approximate surface area is 228 Å². The molecule has 38 heavy (non-hydrogen) atoms. The molecule has 0 spiro atoms. The summed E-state index contributed by atoms with van der Waals surface area (Å²) < 4.78 is 57.4. The van der Waals surface area contributed by atoms with Crippen molar-refractivity contribution < 1.29 is 22.6 Å². The molecule has 0 amide bonds. The van der Waals surface area contributed by atoms with Gasteiger partial charge in [0.1, 0.15) is 5.82 Å². The van der Waals surface area contributed by atoms with Gasteiger partial charge in [0, 0.05) is 16.4 Å². The number of halogens is 3. The van der Waals surface area contributed by atoms with Gasteiger partial charge in [-0.25, -0.2) is 8.78 Å². The minimum Gasteiger partial charge on any atom is -0.490 e. The van der Waals surface area contributed by atoms with E-state index in [0.717, 1.165) is 36.5 Å². The molecule has 1 saturated heterocycles. The Hall–Kier alpha value is -2.05. The first-order chi connectivity index (χ1) is 18.5. The number of fused-ring (bicyclic) bond motifs is 1. The maximum Gasteiger partial charge on any atom is 0.201 e. The predicted molar refractivity (Wildman–Crippen MR) is 149 cm³/mol. The summed E-state index contributed by atoms with van der Waals surface area (Å²) in [6, 6.07) is 8.37. The molecule has 0 radical (unpaired) electrons. The van der Waals surface area contributed by atoms with Gasteiger partial charge in [0.25, 0.3) is 0 Å². The van der Waals surface area contributed by atoms with E-state index in [1.165, 1.54) is 50.7 Å². The van der Waals surface area contributed by atoms with Gasteiger partial charge in [-0.2, -0.15) is 4.39 Å². The van der Waals surface area contributed by atoms with E-state index in [-0.39, 0.29) is 23.0 Å². The van der Waals surface area contributed by atoms with Crippen molar-refractivity contribution in [3.63, 3.8) is 0 Å². The van der Waals surface area contributed by atoms with Crippen LogP contribution >= 0.6 is 11.3 Å². The first-order valence-electron chi connectivity index (χ1n) is 14.4. The van der Waals surface area contributed by atoms with Gasteiger partial charge in [0.15, 0.2) is 11.6 Å². The van der Waals surface area contributed by atoms with E-state index in [9.17, 15) is 8.78 Å². The van der Waals surface area contributed by atoms with Crippen LogP contribution in [0.4, 0.5) is 13.2 Å². The summed E-state index contributed by atoms with van der Waals surface area (Å²) >= 11 is 1.16. The van der Waals surface area contributed by atoms with Crippen molar-refractivity contribution >= 4 is 21.4 Å². The number of benzene rings is 2. The summed E-state index contributed by atoms with van der Waals surface area (Å²) in [5.74, 6) is -0.575. The number of aryl methyl sites for hydroxylation is 1. The van der Waals surface area contributed by atoms with Gasteiger partial charge < -0.3 is 9.47 Å². The molecule has 1 saturated carbocycles. The zero-order valence-corrected chi connectivity index (χ0v) is 23.4. The molecule has 206 valence electrons. The fraction of sp³-hybridized carbons (Fsp3) is 0.562. The quantitative estimate of drug-likeness (QED) is 0.267. The Morgan fingerprint density at radius 3 is 2.37 bits per heavy atom. The summed E-state index contributed by atoms with van der Waals surface area (Å²) in [7, 11) is 0. The van der Waals surface area contributed by atoms with E-state index >= 15 is 4.39 Å². The summed E-state index contributed by atoms with van der Waals surface area (Å²) in [6.07, 6.45) is 11.6. The molecule has 1 aliphatic carbocycles. The molecule has 6 heteroatoms. The highest BCUT2D eigenvalue weighted by Crippen LogP contribution is 2.40. The zero-order chi connectivity index (χ0) is 26.6. The normalized spacial score (nSPS) is 24.1. The van der Waals surface area contributed by atoms with Crippen LogP contribution in [-0.2, 0) is 11.2 Å². The van der Waals surface area contributed by atoms with Crippen molar-refractivity contribution in [2.24, 2.45) is 17.8 Å². The number of rotatable bonds is 9. The lowest BCUT2D eigenvalue weighted by Gasteiger charge is -2.37. The van der Waals surface area contributed by atoms with Gasteiger partial charge in [-0.3, -0.25) is 0 Å². The van der Waals surface area contributed by atoms with E-state index in [0.29, 0.717) is 52.2 Å². The fourth-order valence-electron chi connectivity index (χ4n) is 6.33. The molecule has 3 aromatic rings. The topological polar surface area (TPSA) is 18.5 Å². The molecule has 2 nitrogen and oxygen atoms in total. The molecule has 2 aliphatic rings. The van der Waals surface area contributed by atoms with Gasteiger partial charge >= 0.3 is 0 Å². The van der Waals surface area contributed by atoms with Crippen LogP contribution in [0.1, 0.15) is 77.2 Å². The van der Waals surface area contributed by atoms with Gasteiger partial charge in [-0.05, 0) is 73.1 Å². The second-order valence-corrected chi connectivity index (χ2v) is 12.3. The Kier molecular flexibility index (Phi) is 8.99. The van der Waals surface area contributed by atoms with Crippen LogP contribution in [0, 0.1) is 35.2 Å². The molecule has 5 rings (SSSR count). The number of ether oxygens (including phenoxy) is 2. The smallest absolute Gasteiger partial charge is 0.201 e. The molecular formula is C32H39F3O2S. The molecule has 1 aromatic heterocycles. The molecule has 2 aromatic carbocycles. The second-order valence-electron chi connectivity index (χ2n) is 11.3. The van der Waals surface area contributed by atoms with E-state index < -0.39 is 11.6 Å². The lowest BCUT2D eigenvalue weighted by atomic mass is 9.76. The number of hydrogen-bond acceptors (Lipinski definition) is 3. The minimum atomic E-state index is -0.995. The molecule has 1 aliphatic heterocycles. The molecule has 0 bridgehead atoms. The Balaban J connectivity index is 1.18. The highest BCUT2D eigenvalue weighted by Gasteiger charge is 2.32. The van der Waals surface area contributed by atoms with Crippen LogP contribution in [0.2, 0.25) is 0 Å². The van der Waals surface area contributed by atoms with Crippen LogP contribution in [0.5, 0.6) is 5.75 Å². The van der Waals surface area contributed by atoms with Gasteiger partial charge in [-0.1, -0.05) is 58.1 Å². The molecule has 2 unspecified atom stereocenters. The SMILES string of the molecule is CCCc1ccc2cc(-c3ccc(OCC4CCC(C5CCC(CCC)CC5)OC4)c(F)c3F)sc2c1F. The molecular weight excluding hydrogens is 505 g/mol. The van der Waals surface area contributed by atoms with Crippen molar-refractivity contribution in [3.05, 3.63) is 53.3 Å². The first-order valence-corrected chi connectivity index (χ1v) is 15.2. The predicted octanol–water partition coefficient (Wildman–Crippen LogP) is 9.72. The van der Waals surface area contributed by atoms with Crippen LogP contribution in [0.25, 0.3) is 20.5 Å². The van der Waals surface area contributed by atoms with Crippen molar-refractivity contribution in [2.75, 3.05) is 13.2 Å². The lowest BCUT2D eigenvalue weighted by Crippen LogP contribution is -2.35. The van der Waals surface area contributed by atoms with Crippen molar-refractivity contribution in [2.45, 2.75) is 84.2 Å². The first kappa shape index (κ1) is 27.5. The standard InChI is InChI=1S/C32H39F3O2S/c1-3-5-20-7-10-22(11-8-20)26-15-9-21(18-36-26)19-37-27-16-14-25(30(34)31(27)35)28-17-24-13-12-23(6-4-2)29(33)32(24)38-28/h12-14,16-17,20-22,26H,3-11,15,18-19H2,1-2H3. The van der Waals surface area contributed by atoms with Crippen LogP contribution in [-0.4, -0.2) is 19.3 Å². The Morgan fingerprint density at radius 1 is 0.868 bits per heavy atom. The third-order valence-electron chi connectivity index (χ3n) is 8.53. The van der Waals surface area contributed by atoms with Crippen LogP contribution in [0.3, 0.4) is 0 Å². The molecule has 2 atom stereocenters. The molecule has 2 heterocycles. The maximum atomic E-state index is 15.1. The third kappa shape index (κ3) is 5.91. The summed E-state index contributed by atoms with van der Waals surface area (Å²) in [5, 5.41) is 0.701.